The largest absolute Gasteiger partial charge is 0.384 e. The molecule has 1 aromatic heterocycles. The average Bonchev–Trinajstić information content (AvgIpc) is 3.33. The van der Waals surface area contributed by atoms with E-state index >= 15 is 0 Å². The Balaban J connectivity index is 1.15. The monoisotopic (exact) mass is 650 g/mol. The molecule has 242 valence electrons. The fraction of sp³-hybridized carbons (Fsp3) is 0.394. The number of amidine groups is 1. The molecule has 10 nitrogen and oxygen atoms in total. The lowest BCUT2D eigenvalue weighted by atomic mass is 10.00. The Bertz CT molecular complexity index is 1710. The zero-order chi connectivity index (χ0) is 32.8. The Morgan fingerprint density at radius 1 is 1.11 bits per heavy atom. The number of benzene rings is 2. The van der Waals surface area contributed by atoms with Gasteiger partial charge in [0.2, 0.25) is 11.8 Å². The highest BCUT2D eigenvalue weighted by atomic mass is 32.1. The molecule has 3 amide bonds. The van der Waals surface area contributed by atoms with E-state index in [1.807, 2.05) is 6.92 Å². The Labute approximate surface area is 269 Å². The molecule has 0 unspecified atom stereocenters. The van der Waals surface area contributed by atoms with Crippen molar-refractivity contribution in [1.29, 1.82) is 5.41 Å². The van der Waals surface area contributed by atoms with Crippen molar-refractivity contribution in [1.82, 2.24) is 15.5 Å². The van der Waals surface area contributed by atoms with Gasteiger partial charge in [0.1, 0.15) is 11.9 Å². The van der Waals surface area contributed by atoms with Gasteiger partial charge in [-0.2, -0.15) is 8.78 Å². The van der Waals surface area contributed by atoms with E-state index in [9.17, 15) is 23.2 Å². The van der Waals surface area contributed by atoms with E-state index in [4.69, 9.17) is 21.6 Å². The average molecular weight is 651 g/mol. The molecule has 0 radical (unpaired) electrons. The first-order chi connectivity index (χ1) is 22.0. The number of hydrogen-bond acceptors (Lipinski definition) is 7. The maximum Gasteiger partial charge on any atom is 0.299 e. The second-order valence-electron chi connectivity index (χ2n) is 12.2. The third kappa shape index (κ3) is 5.67. The normalized spacial score (nSPS) is 22.4. The molecular formula is C33H36F2N6O4S. The third-order valence-corrected chi connectivity index (χ3v) is 10.3. The van der Waals surface area contributed by atoms with Crippen molar-refractivity contribution in [2.45, 2.75) is 50.2 Å². The third-order valence-electron chi connectivity index (χ3n) is 9.18. The summed E-state index contributed by atoms with van der Waals surface area (Å²) in [4.78, 5) is 42.8. The molecule has 3 aromatic rings. The summed E-state index contributed by atoms with van der Waals surface area (Å²) >= 11 is 1.38. The van der Waals surface area contributed by atoms with E-state index in [0.29, 0.717) is 50.1 Å². The van der Waals surface area contributed by atoms with Gasteiger partial charge in [-0.25, -0.2) is 0 Å². The topological polar surface area (TPSA) is 164 Å². The van der Waals surface area contributed by atoms with Gasteiger partial charge in [-0.3, -0.25) is 19.8 Å². The molecule has 2 aliphatic carbocycles. The van der Waals surface area contributed by atoms with E-state index in [1.165, 1.54) is 35.6 Å². The summed E-state index contributed by atoms with van der Waals surface area (Å²) in [6, 6.07) is 10.6. The van der Waals surface area contributed by atoms with Gasteiger partial charge in [0.25, 0.3) is 11.8 Å². The van der Waals surface area contributed by atoms with Crippen molar-refractivity contribution >= 4 is 34.9 Å². The predicted molar refractivity (Wildman–Crippen MR) is 170 cm³/mol. The van der Waals surface area contributed by atoms with Crippen LogP contribution in [0.15, 0.2) is 53.9 Å². The number of amides is 3. The summed E-state index contributed by atoms with van der Waals surface area (Å²) in [6.07, 6.45) is 1.80. The Hall–Kier alpha value is -4.20. The van der Waals surface area contributed by atoms with E-state index in [0.717, 1.165) is 4.88 Å². The summed E-state index contributed by atoms with van der Waals surface area (Å²) in [6.45, 7) is 2.83. The molecule has 13 heteroatoms. The highest BCUT2D eigenvalue weighted by molar-refractivity contribution is 7.10. The molecule has 3 aliphatic rings. The zero-order valence-corrected chi connectivity index (χ0v) is 26.1. The smallest absolute Gasteiger partial charge is 0.299 e. The van der Waals surface area contributed by atoms with Gasteiger partial charge >= 0.3 is 0 Å². The summed E-state index contributed by atoms with van der Waals surface area (Å²) in [7, 11) is 0. The van der Waals surface area contributed by atoms with Gasteiger partial charge in [-0.05, 0) is 62.1 Å². The second-order valence-corrected chi connectivity index (χ2v) is 13.2. The van der Waals surface area contributed by atoms with Crippen molar-refractivity contribution in [2.75, 3.05) is 26.3 Å². The summed E-state index contributed by atoms with van der Waals surface area (Å²) in [5.41, 5.74) is 11.9. The van der Waals surface area contributed by atoms with Crippen molar-refractivity contribution in [3.63, 3.8) is 0 Å². The van der Waals surface area contributed by atoms with E-state index in [-0.39, 0.29) is 58.0 Å². The van der Waals surface area contributed by atoms with E-state index in [2.05, 4.69) is 10.6 Å². The van der Waals surface area contributed by atoms with Crippen LogP contribution in [0.3, 0.4) is 0 Å². The minimum Gasteiger partial charge on any atom is -0.384 e. The van der Waals surface area contributed by atoms with Gasteiger partial charge in [0.05, 0.1) is 19.2 Å². The number of halogens is 2. The SMILES string of the molecule is C[C@@H](NC(=O)[C@@H]1C[C@]2(COCCCN)C[C@@H]2N1C(=O)CNC(=O)c1ccc2c(c1)-c1ccccc1C2(F)F)c1cc(C(=N)N)cs1. The van der Waals surface area contributed by atoms with E-state index < -0.39 is 23.8 Å². The van der Waals surface area contributed by atoms with Gasteiger partial charge in [-0.15, -0.1) is 11.3 Å². The number of thiophene rings is 1. The summed E-state index contributed by atoms with van der Waals surface area (Å²) in [5, 5.41) is 15.0. The van der Waals surface area contributed by atoms with Crippen molar-refractivity contribution in [2.24, 2.45) is 16.9 Å². The number of fused-ring (bicyclic) bond motifs is 4. The first-order valence-electron chi connectivity index (χ1n) is 15.2. The van der Waals surface area contributed by atoms with Gasteiger partial charge in [0.15, 0.2) is 0 Å². The quantitative estimate of drug-likeness (QED) is 0.115. The maximum atomic E-state index is 15.0. The molecule has 7 N–H and O–H groups in total. The number of ether oxygens (including phenoxy) is 1. The number of likely N-dealkylation sites (tertiary alicyclic amines) is 1. The number of nitrogens with two attached hydrogens (primary N) is 2. The standard InChI is InChI=1S/C33H36F2N6O4S/c1-18(26-12-20(16-46-26)29(37)38)40-31(44)25-13-32(17-45-10-4-9-36)14-27(32)41(25)28(42)15-39-30(43)19-7-8-24-22(11-19)21-5-2-3-6-23(21)33(24,34)35/h2-3,5-8,11-12,16,18,25,27H,4,9-10,13-15,17,36H2,1H3,(H3,37,38)(H,39,43)(H,40,44)/t18-,25+,27+,32-/m1/s1. The van der Waals surface area contributed by atoms with Crippen LogP contribution in [0, 0.1) is 10.8 Å². The summed E-state index contributed by atoms with van der Waals surface area (Å²) in [5.74, 6) is -4.54. The van der Waals surface area contributed by atoms with Crippen LogP contribution in [-0.2, 0) is 20.2 Å². The van der Waals surface area contributed by atoms with Crippen LogP contribution in [0.2, 0.25) is 0 Å². The number of nitrogen functional groups attached to an aromatic ring is 1. The Morgan fingerprint density at radius 3 is 2.61 bits per heavy atom. The molecule has 0 spiro atoms. The van der Waals surface area contributed by atoms with E-state index in [1.54, 1.807) is 34.5 Å². The molecule has 1 aliphatic heterocycles. The molecule has 0 bridgehead atoms. The summed E-state index contributed by atoms with van der Waals surface area (Å²) < 4.78 is 35.8. The highest BCUT2D eigenvalue weighted by Gasteiger charge is 2.67. The van der Waals surface area contributed by atoms with Crippen LogP contribution in [-0.4, -0.2) is 66.8 Å². The van der Waals surface area contributed by atoms with Crippen LogP contribution in [0.25, 0.3) is 11.1 Å². The van der Waals surface area contributed by atoms with Gasteiger partial charge in [-0.1, -0.05) is 30.3 Å². The molecule has 4 atom stereocenters. The van der Waals surface area contributed by atoms with Crippen LogP contribution in [0.1, 0.15) is 64.2 Å². The zero-order valence-electron chi connectivity index (χ0n) is 25.3. The minimum atomic E-state index is -3.16. The fourth-order valence-corrected chi connectivity index (χ4v) is 7.57. The number of alkyl halides is 2. The van der Waals surface area contributed by atoms with Crippen LogP contribution >= 0.6 is 11.3 Å². The molecular weight excluding hydrogens is 614 g/mol. The predicted octanol–water partition coefficient (Wildman–Crippen LogP) is 3.48. The molecule has 2 aromatic carbocycles. The minimum absolute atomic E-state index is 0.0602. The number of carbonyl (C=O) groups is 3. The van der Waals surface area contributed by atoms with Gasteiger partial charge in [0, 0.05) is 50.6 Å². The number of piperidine rings is 1. The lowest BCUT2D eigenvalue weighted by Crippen LogP contribution is -2.51. The van der Waals surface area contributed by atoms with Crippen molar-refractivity contribution in [3.8, 4) is 11.1 Å². The first kappa shape index (κ1) is 31.8. The van der Waals surface area contributed by atoms with Crippen LogP contribution < -0.4 is 22.1 Å². The number of carbonyl (C=O) groups excluding carboxylic acids is 3. The number of nitrogens with one attached hydrogen (secondary N) is 3. The molecule has 46 heavy (non-hydrogen) atoms. The van der Waals surface area contributed by atoms with Crippen LogP contribution in [0.4, 0.5) is 8.78 Å². The number of hydrogen-bond donors (Lipinski definition) is 5. The Kier molecular flexibility index (Phi) is 8.42. The maximum absolute atomic E-state index is 15.0. The Morgan fingerprint density at radius 2 is 1.87 bits per heavy atom. The molecule has 1 saturated carbocycles. The lowest BCUT2D eigenvalue weighted by Gasteiger charge is -2.28. The lowest BCUT2D eigenvalue weighted by molar-refractivity contribution is -0.139. The molecule has 1 saturated heterocycles. The fourth-order valence-electron chi connectivity index (χ4n) is 6.65. The second kappa shape index (κ2) is 12.2. The number of rotatable bonds is 12. The molecule has 6 rings (SSSR count). The van der Waals surface area contributed by atoms with Crippen LogP contribution in [0.5, 0.6) is 0 Å². The molecule has 2 heterocycles. The van der Waals surface area contributed by atoms with Gasteiger partial charge < -0.3 is 31.7 Å². The van der Waals surface area contributed by atoms with Crippen molar-refractivity contribution in [3.05, 3.63) is 81.0 Å². The highest BCUT2D eigenvalue weighted by Crippen LogP contribution is 2.59. The van der Waals surface area contributed by atoms with Crippen molar-refractivity contribution < 1.29 is 27.9 Å². The molecule has 2 fully saturated rings. The number of nitrogens with zero attached hydrogens (tertiary/aromatic N) is 1. The first-order valence-corrected chi connectivity index (χ1v) is 16.1.